The van der Waals surface area contributed by atoms with Crippen molar-refractivity contribution in [3.8, 4) is 28.7 Å². The lowest BCUT2D eigenvalue weighted by Gasteiger charge is -2.15. The van der Waals surface area contributed by atoms with Crippen molar-refractivity contribution in [2.75, 3.05) is 0 Å². The molecule has 0 fully saturated rings. The summed E-state index contributed by atoms with van der Waals surface area (Å²) in [5.74, 6) is 2.20. The summed E-state index contributed by atoms with van der Waals surface area (Å²) in [5, 5.41) is 0. The number of para-hydroxylation sites is 1. The summed E-state index contributed by atoms with van der Waals surface area (Å²) >= 11 is 0. The smallest absolute Gasteiger partial charge is 0.342 e. The number of H-pyrrole nitrogens is 1. The fraction of sp³-hybridized carbons (Fsp3) is 0.316. The molecule has 2 aromatic heterocycles. The summed E-state index contributed by atoms with van der Waals surface area (Å²) in [5.41, 5.74) is 2.47. The van der Waals surface area contributed by atoms with Crippen LogP contribution in [-0.4, -0.2) is 23.8 Å². The van der Waals surface area contributed by atoms with E-state index < -0.39 is 6.01 Å². The van der Waals surface area contributed by atoms with Crippen LogP contribution in [0.25, 0.3) is 22.9 Å². The molecule has 0 spiro atoms. The molecule has 2 heterocycles. The van der Waals surface area contributed by atoms with E-state index in [2.05, 4.69) is 23.8 Å². The van der Waals surface area contributed by atoms with Crippen LogP contribution in [0.2, 0.25) is 0 Å². The highest BCUT2D eigenvalue weighted by Gasteiger charge is 2.25. The van der Waals surface area contributed by atoms with Crippen molar-refractivity contribution in [3.05, 3.63) is 47.8 Å². The number of halogens is 2. The van der Waals surface area contributed by atoms with Crippen molar-refractivity contribution < 1.29 is 17.9 Å². The molecule has 1 aromatic carbocycles. The minimum absolute atomic E-state index is 0.0667. The van der Waals surface area contributed by atoms with Crippen LogP contribution < -0.4 is 4.74 Å². The third-order valence-electron chi connectivity index (χ3n) is 3.88. The number of nitrogens with zero attached hydrogens (tertiary/aromatic N) is 1. The molecular formula is C19H21BF2N2O2. The topological polar surface area (TPSA) is 51.0 Å². The number of furan rings is 1. The maximum Gasteiger partial charge on any atom is 0.342 e. The number of hydrogen-bond acceptors (Lipinski definition) is 3. The molecule has 0 atom stereocenters. The van der Waals surface area contributed by atoms with E-state index in [0.29, 0.717) is 36.7 Å². The van der Waals surface area contributed by atoms with E-state index in [0.717, 1.165) is 17.8 Å². The van der Waals surface area contributed by atoms with Gasteiger partial charge in [0.15, 0.2) is 11.6 Å². The first-order valence-electron chi connectivity index (χ1n) is 8.55. The van der Waals surface area contributed by atoms with Crippen molar-refractivity contribution in [3.63, 3.8) is 0 Å². The Hall–Kier alpha value is -2.57. The number of hydrogen-bond donors (Lipinski definition) is 1. The van der Waals surface area contributed by atoms with Crippen molar-refractivity contribution >= 4 is 7.85 Å². The molecule has 3 aromatic rings. The number of ether oxygens (including phenoxy) is 1. The van der Waals surface area contributed by atoms with Gasteiger partial charge in [0, 0.05) is 5.69 Å². The molecule has 1 N–H and O–H groups in total. The number of benzene rings is 1. The molecule has 0 aliphatic heterocycles. The lowest BCUT2D eigenvalue weighted by molar-refractivity contribution is -0.0969. The fourth-order valence-electron chi connectivity index (χ4n) is 2.78. The van der Waals surface area contributed by atoms with Gasteiger partial charge < -0.3 is 14.1 Å². The van der Waals surface area contributed by atoms with Gasteiger partial charge in [-0.1, -0.05) is 26.0 Å². The van der Waals surface area contributed by atoms with Crippen LogP contribution in [-0.2, 0) is 6.42 Å². The Bertz CT molecular complexity index is 897. The summed E-state index contributed by atoms with van der Waals surface area (Å²) in [6, 6.07) is 6.79. The van der Waals surface area contributed by atoms with Gasteiger partial charge in [0.25, 0.3) is 0 Å². The second kappa shape index (κ2) is 6.98. The molecule has 4 nitrogen and oxygen atoms in total. The average molecular weight is 358 g/mol. The van der Waals surface area contributed by atoms with Crippen LogP contribution in [0.3, 0.4) is 0 Å². The number of nitrogens with one attached hydrogen (secondary N) is 1. The Labute approximate surface area is 152 Å². The summed E-state index contributed by atoms with van der Waals surface area (Å²) in [6.07, 6.45) is 0.897. The number of alkyl halides is 2. The molecular weight excluding hydrogens is 337 g/mol. The molecule has 0 radical (unpaired) electrons. The lowest BCUT2D eigenvalue weighted by Crippen LogP contribution is -2.24. The van der Waals surface area contributed by atoms with Gasteiger partial charge >= 0.3 is 6.01 Å². The molecule has 136 valence electrons. The standard InChI is InChI=1S/C19H21BF2N2O2/c1-11(2)10-14-12(3)23-18(24-14)17-9-8-15(25-17)13-6-4-5-7-16(13)26-19(20,21)22/h4-9,11H,10,20H2,1-3H3,(H,23,24). The molecule has 0 saturated heterocycles. The maximum absolute atomic E-state index is 13.3. The number of rotatable bonds is 6. The van der Waals surface area contributed by atoms with Gasteiger partial charge in [0.2, 0.25) is 7.85 Å². The van der Waals surface area contributed by atoms with E-state index in [1.807, 2.05) is 6.92 Å². The zero-order valence-electron chi connectivity index (χ0n) is 15.3. The van der Waals surface area contributed by atoms with Gasteiger partial charge in [0.1, 0.15) is 11.5 Å². The molecule has 7 heteroatoms. The minimum atomic E-state index is -3.27. The molecule has 0 aliphatic rings. The maximum atomic E-state index is 13.3. The molecule has 0 aliphatic carbocycles. The second-order valence-corrected chi connectivity index (χ2v) is 6.82. The zero-order valence-corrected chi connectivity index (χ0v) is 15.3. The van der Waals surface area contributed by atoms with E-state index >= 15 is 0 Å². The largest absolute Gasteiger partial charge is 0.453 e. The van der Waals surface area contributed by atoms with Crippen LogP contribution in [0.5, 0.6) is 5.75 Å². The highest BCUT2D eigenvalue weighted by atomic mass is 19.3. The number of imidazole rings is 1. The van der Waals surface area contributed by atoms with E-state index in [4.69, 9.17) is 9.15 Å². The van der Waals surface area contributed by atoms with E-state index in [1.165, 1.54) is 6.07 Å². The molecule has 0 amide bonds. The SMILES string of the molecule is BC(F)(F)Oc1ccccc1-c1ccc(-c2nc(C)c(CC(C)C)[nH]2)o1. The summed E-state index contributed by atoms with van der Waals surface area (Å²) in [7, 11) is 0.708. The predicted molar refractivity (Wildman–Crippen MR) is 99.1 cm³/mol. The van der Waals surface area contributed by atoms with Crippen LogP contribution in [0.1, 0.15) is 25.2 Å². The Morgan fingerprint density at radius 2 is 1.88 bits per heavy atom. The van der Waals surface area contributed by atoms with Crippen LogP contribution in [0.4, 0.5) is 8.78 Å². The quantitative estimate of drug-likeness (QED) is 0.665. The third kappa shape index (κ3) is 4.15. The Balaban J connectivity index is 1.92. The van der Waals surface area contributed by atoms with Gasteiger partial charge in [0.05, 0.1) is 11.3 Å². The van der Waals surface area contributed by atoms with Gasteiger partial charge in [-0.3, -0.25) is 0 Å². The summed E-state index contributed by atoms with van der Waals surface area (Å²) in [4.78, 5) is 7.81. The highest BCUT2D eigenvalue weighted by molar-refractivity contribution is 6.12. The normalized spacial score (nSPS) is 11.9. The number of aryl methyl sites for hydroxylation is 1. The van der Waals surface area contributed by atoms with E-state index in [1.54, 1.807) is 30.3 Å². The number of aromatic nitrogens is 2. The van der Waals surface area contributed by atoms with Gasteiger partial charge in [-0.25, -0.2) is 4.98 Å². The molecule has 0 saturated carbocycles. The second-order valence-electron chi connectivity index (χ2n) is 6.82. The molecule has 0 bridgehead atoms. The third-order valence-corrected chi connectivity index (χ3v) is 3.88. The molecule has 0 unspecified atom stereocenters. The molecule has 3 rings (SSSR count). The fourth-order valence-corrected chi connectivity index (χ4v) is 2.78. The van der Waals surface area contributed by atoms with E-state index in [9.17, 15) is 8.78 Å². The first kappa shape index (κ1) is 18.2. The Morgan fingerprint density at radius 1 is 1.19 bits per heavy atom. The van der Waals surface area contributed by atoms with Crippen molar-refractivity contribution in [2.45, 2.75) is 33.2 Å². The average Bonchev–Trinajstić information content (AvgIpc) is 3.13. The van der Waals surface area contributed by atoms with Crippen molar-refractivity contribution in [2.24, 2.45) is 5.92 Å². The van der Waals surface area contributed by atoms with Crippen LogP contribution in [0.15, 0.2) is 40.8 Å². The van der Waals surface area contributed by atoms with Gasteiger partial charge in [-0.05, 0) is 43.5 Å². The molecule has 26 heavy (non-hydrogen) atoms. The van der Waals surface area contributed by atoms with Crippen LogP contribution >= 0.6 is 0 Å². The van der Waals surface area contributed by atoms with Crippen molar-refractivity contribution in [1.29, 1.82) is 0 Å². The summed E-state index contributed by atoms with van der Waals surface area (Å²) < 4.78 is 37.1. The lowest BCUT2D eigenvalue weighted by atomic mass is 10.1. The van der Waals surface area contributed by atoms with Crippen molar-refractivity contribution in [1.82, 2.24) is 9.97 Å². The Kier molecular flexibility index (Phi) is 4.89. The number of aromatic amines is 1. The zero-order chi connectivity index (χ0) is 18.9. The summed E-state index contributed by atoms with van der Waals surface area (Å²) in [6.45, 7) is 6.24. The first-order chi connectivity index (χ1) is 12.2. The Morgan fingerprint density at radius 3 is 2.58 bits per heavy atom. The highest BCUT2D eigenvalue weighted by Crippen LogP contribution is 2.35. The minimum Gasteiger partial charge on any atom is -0.453 e. The monoisotopic (exact) mass is 358 g/mol. The van der Waals surface area contributed by atoms with Crippen LogP contribution in [0, 0.1) is 12.8 Å². The predicted octanol–water partition coefficient (Wildman–Crippen LogP) is 4.41. The first-order valence-corrected chi connectivity index (χ1v) is 8.55. The van der Waals surface area contributed by atoms with E-state index in [-0.39, 0.29) is 5.75 Å². The van der Waals surface area contributed by atoms with Gasteiger partial charge in [-0.2, -0.15) is 8.78 Å². The van der Waals surface area contributed by atoms with Gasteiger partial charge in [-0.15, -0.1) is 0 Å².